The molecule has 0 spiro atoms. The minimum absolute atomic E-state index is 0. The van der Waals surface area contributed by atoms with Crippen LogP contribution >= 0.6 is 35.3 Å². The van der Waals surface area contributed by atoms with E-state index >= 15 is 0 Å². The molecule has 0 aliphatic heterocycles. The summed E-state index contributed by atoms with van der Waals surface area (Å²) in [4.78, 5) is 7.94. The van der Waals surface area contributed by atoms with Crippen LogP contribution in [-0.4, -0.2) is 23.5 Å². The van der Waals surface area contributed by atoms with Crippen LogP contribution in [-0.2, 0) is 12.7 Å². The summed E-state index contributed by atoms with van der Waals surface area (Å²) >= 11 is 0.989. The molecule has 1 heterocycles. The predicted octanol–water partition coefficient (Wildman–Crippen LogP) is 4.17. The molecule has 0 radical (unpaired) electrons. The number of aromatic nitrogens is 1. The minimum atomic E-state index is -4.39. The van der Waals surface area contributed by atoms with Gasteiger partial charge in [-0.2, -0.15) is 13.2 Å². The van der Waals surface area contributed by atoms with Crippen LogP contribution in [0.25, 0.3) is 0 Å². The maximum atomic E-state index is 12.5. The summed E-state index contributed by atoms with van der Waals surface area (Å²) in [5, 5.41) is 7.89. The lowest BCUT2D eigenvalue weighted by molar-refractivity contribution is -0.140. The number of alkyl halides is 3. The van der Waals surface area contributed by atoms with E-state index < -0.39 is 11.9 Å². The van der Waals surface area contributed by atoms with Crippen LogP contribution in [0.1, 0.15) is 49.7 Å². The number of hydrogen-bond donors (Lipinski definition) is 2. The third-order valence-corrected chi connectivity index (χ3v) is 4.34. The zero-order chi connectivity index (χ0) is 16.0. The smallest absolute Gasteiger partial charge is 0.357 e. The van der Waals surface area contributed by atoms with Crippen molar-refractivity contribution in [1.82, 2.24) is 15.6 Å². The second-order valence-electron chi connectivity index (χ2n) is 5.30. The molecule has 4 nitrogen and oxygen atoms in total. The van der Waals surface area contributed by atoms with Gasteiger partial charge in [-0.25, -0.2) is 9.98 Å². The molecule has 23 heavy (non-hydrogen) atoms. The van der Waals surface area contributed by atoms with Crippen LogP contribution in [0.15, 0.2) is 10.4 Å². The highest BCUT2D eigenvalue weighted by Crippen LogP contribution is 2.30. The van der Waals surface area contributed by atoms with Crippen molar-refractivity contribution in [2.24, 2.45) is 4.99 Å². The first kappa shape index (κ1) is 20.5. The van der Waals surface area contributed by atoms with Crippen molar-refractivity contribution in [3.05, 3.63) is 16.1 Å². The first-order chi connectivity index (χ1) is 10.5. The summed E-state index contributed by atoms with van der Waals surface area (Å²) in [6.07, 6.45) is 1.52. The first-order valence-electron chi connectivity index (χ1n) is 7.55. The summed E-state index contributed by atoms with van der Waals surface area (Å²) < 4.78 is 37.5. The van der Waals surface area contributed by atoms with Gasteiger partial charge in [0.1, 0.15) is 5.01 Å². The van der Waals surface area contributed by atoms with Crippen molar-refractivity contribution in [2.75, 3.05) is 6.54 Å². The zero-order valence-electron chi connectivity index (χ0n) is 12.9. The quantitative estimate of drug-likeness (QED) is 0.401. The van der Waals surface area contributed by atoms with Gasteiger partial charge < -0.3 is 10.6 Å². The van der Waals surface area contributed by atoms with E-state index in [4.69, 9.17) is 0 Å². The lowest BCUT2D eigenvalue weighted by atomic mass is 9.96. The van der Waals surface area contributed by atoms with Gasteiger partial charge in [-0.05, 0) is 19.8 Å². The van der Waals surface area contributed by atoms with Crippen LogP contribution in [0.4, 0.5) is 13.2 Å². The molecule has 2 N–H and O–H groups in total. The Labute approximate surface area is 155 Å². The lowest BCUT2D eigenvalue weighted by Gasteiger charge is -2.24. The third kappa shape index (κ3) is 6.82. The zero-order valence-corrected chi connectivity index (χ0v) is 16.1. The van der Waals surface area contributed by atoms with Gasteiger partial charge in [-0.3, -0.25) is 0 Å². The van der Waals surface area contributed by atoms with Gasteiger partial charge in [-0.15, -0.1) is 35.3 Å². The highest BCUT2D eigenvalue weighted by molar-refractivity contribution is 14.0. The SMILES string of the molecule is CCNC(=NCc1nc(C(F)(F)F)cs1)NC1CCCCC1.I. The standard InChI is InChI=1S/C14H21F3N4S.HI/c1-2-18-13(20-10-6-4-3-5-7-10)19-8-12-21-11(9-22-12)14(15,16)17;/h9-10H,2-8H2,1H3,(H2,18,19,20);1H. The molecule has 0 unspecified atom stereocenters. The van der Waals surface area contributed by atoms with E-state index in [1.54, 1.807) is 0 Å². The molecule has 1 fully saturated rings. The molecule has 0 saturated heterocycles. The maximum Gasteiger partial charge on any atom is 0.434 e. The van der Waals surface area contributed by atoms with Crippen LogP contribution in [0, 0.1) is 0 Å². The van der Waals surface area contributed by atoms with Crippen molar-refractivity contribution in [2.45, 2.75) is 57.8 Å². The first-order valence-corrected chi connectivity index (χ1v) is 8.43. The monoisotopic (exact) mass is 462 g/mol. The number of thiazole rings is 1. The van der Waals surface area contributed by atoms with E-state index in [2.05, 4.69) is 20.6 Å². The van der Waals surface area contributed by atoms with E-state index in [-0.39, 0.29) is 30.5 Å². The Morgan fingerprint density at radius 2 is 2.04 bits per heavy atom. The molecule has 0 aromatic carbocycles. The number of hydrogen-bond acceptors (Lipinski definition) is 3. The topological polar surface area (TPSA) is 49.3 Å². The van der Waals surface area contributed by atoms with Crippen LogP contribution in [0.2, 0.25) is 0 Å². The average molecular weight is 462 g/mol. The number of halogens is 4. The fourth-order valence-electron chi connectivity index (χ4n) is 2.42. The fraction of sp³-hybridized carbons (Fsp3) is 0.714. The summed E-state index contributed by atoms with van der Waals surface area (Å²) in [5.74, 6) is 0.651. The minimum Gasteiger partial charge on any atom is -0.357 e. The van der Waals surface area contributed by atoms with E-state index in [9.17, 15) is 13.2 Å². The molecule has 132 valence electrons. The van der Waals surface area contributed by atoms with Gasteiger partial charge in [-0.1, -0.05) is 19.3 Å². The molecule has 0 amide bonds. The second-order valence-corrected chi connectivity index (χ2v) is 6.24. The molecule has 0 atom stereocenters. The molecule has 1 aliphatic rings. The van der Waals surface area contributed by atoms with Crippen LogP contribution < -0.4 is 10.6 Å². The summed E-state index contributed by atoms with van der Waals surface area (Å²) in [6, 6.07) is 0.397. The van der Waals surface area contributed by atoms with E-state index in [1.165, 1.54) is 19.3 Å². The number of guanidine groups is 1. The Hall–Kier alpha value is -0.580. The lowest BCUT2D eigenvalue weighted by Crippen LogP contribution is -2.44. The molecule has 1 aromatic heterocycles. The van der Waals surface area contributed by atoms with Gasteiger partial charge >= 0.3 is 6.18 Å². The van der Waals surface area contributed by atoms with E-state index in [0.717, 1.165) is 29.6 Å². The highest BCUT2D eigenvalue weighted by atomic mass is 127. The Balaban J connectivity index is 0.00000264. The summed E-state index contributed by atoms with van der Waals surface area (Å²) in [7, 11) is 0. The van der Waals surface area contributed by atoms with Crippen molar-refractivity contribution < 1.29 is 13.2 Å². The normalized spacial score (nSPS) is 16.8. The van der Waals surface area contributed by atoms with Crippen molar-refractivity contribution in [1.29, 1.82) is 0 Å². The Bertz CT molecular complexity index is 498. The Morgan fingerprint density at radius 1 is 1.35 bits per heavy atom. The fourth-order valence-corrected chi connectivity index (χ4v) is 3.14. The number of nitrogens with zero attached hydrogens (tertiary/aromatic N) is 2. The van der Waals surface area contributed by atoms with Crippen LogP contribution in [0.3, 0.4) is 0 Å². The average Bonchev–Trinajstić information content (AvgIpc) is 2.95. The number of nitrogens with one attached hydrogen (secondary N) is 2. The summed E-state index contributed by atoms with van der Waals surface area (Å²) in [5.41, 5.74) is -0.840. The molecular formula is C14H22F3IN4S. The highest BCUT2D eigenvalue weighted by Gasteiger charge is 2.33. The van der Waals surface area contributed by atoms with Gasteiger partial charge in [0, 0.05) is 18.0 Å². The van der Waals surface area contributed by atoms with E-state index in [0.29, 0.717) is 23.6 Å². The molecule has 1 aromatic rings. The van der Waals surface area contributed by atoms with Crippen molar-refractivity contribution in [3.63, 3.8) is 0 Å². The Kier molecular flexibility index (Phi) is 8.59. The summed E-state index contributed by atoms with van der Waals surface area (Å²) in [6.45, 7) is 2.83. The van der Waals surface area contributed by atoms with Gasteiger partial charge in [0.2, 0.25) is 0 Å². The molecule has 9 heteroatoms. The molecule has 0 bridgehead atoms. The van der Waals surface area contributed by atoms with Crippen LogP contribution in [0.5, 0.6) is 0 Å². The van der Waals surface area contributed by atoms with Gasteiger partial charge in [0.25, 0.3) is 0 Å². The van der Waals surface area contributed by atoms with Gasteiger partial charge in [0.15, 0.2) is 11.7 Å². The Morgan fingerprint density at radius 3 is 2.61 bits per heavy atom. The number of aliphatic imine (C=N–C) groups is 1. The van der Waals surface area contributed by atoms with Gasteiger partial charge in [0.05, 0.1) is 6.54 Å². The molecule has 1 aliphatic carbocycles. The molecular weight excluding hydrogens is 440 g/mol. The second kappa shape index (κ2) is 9.65. The number of rotatable bonds is 4. The molecule has 2 rings (SSSR count). The predicted molar refractivity (Wildman–Crippen MR) is 97.4 cm³/mol. The van der Waals surface area contributed by atoms with E-state index in [1.807, 2.05) is 6.92 Å². The van der Waals surface area contributed by atoms with Crippen molar-refractivity contribution in [3.8, 4) is 0 Å². The van der Waals surface area contributed by atoms with Crippen molar-refractivity contribution >= 4 is 41.3 Å². The molecule has 1 saturated carbocycles. The largest absolute Gasteiger partial charge is 0.434 e. The third-order valence-electron chi connectivity index (χ3n) is 3.50. The maximum absolute atomic E-state index is 12.5.